The quantitative estimate of drug-likeness (QED) is 0.517. The Kier molecular flexibility index (Phi) is 7.66. The molecule has 1 amide bonds. The van der Waals surface area contributed by atoms with E-state index in [1.165, 1.54) is 12.0 Å². The number of nitrogens with two attached hydrogens (primary N) is 2. The molecular formula is C28H35FN4O. The van der Waals surface area contributed by atoms with Crippen LogP contribution < -0.4 is 11.5 Å². The molecule has 180 valence electrons. The Morgan fingerprint density at radius 1 is 1.24 bits per heavy atom. The van der Waals surface area contributed by atoms with Gasteiger partial charge in [-0.3, -0.25) is 4.79 Å². The van der Waals surface area contributed by atoms with Gasteiger partial charge in [0.15, 0.2) is 5.82 Å². The molecule has 34 heavy (non-hydrogen) atoms. The van der Waals surface area contributed by atoms with E-state index in [0.29, 0.717) is 23.8 Å². The van der Waals surface area contributed by atoms with Gasteiger partial charge in [-0.15, -0.1) is 0 Å². The summed E-state index contributed by atoms with van der Waals surface area (Å²) < 4.78 is 15.7. The highest BCUT2D eigenvalue weighted by atomic mass is 19.1. The molecule has 6 heteroatoms. The van der Waals surface area contributed by atoms with E-state index in [-0.39, 0.29) is 11.6 Å². The standard InChI is InChI=1S/C28H35FN4O/c1-2-6-21-13-14-23(29)18-24(21)22-9-5-8-19(11-12-22)17-20-7-3-4-10-25-26(28(31)34)27(30)32-33(25)16-15-20/h2,6-7,13-16,18-19,22H,3-5,8-12,17H2,1H3,(H2,30,32)(H2,31,34)/b6-2+,16-15?,20-7?/t19?,22-/m0/s1. The summed E-state index contributed by atoms with van der Waals surface area (Å²) in [7, 11) is 0. The van der Waals surface area contributed by atoms with Crippen LogP contribution in [0.4, 0.5) is 10.2 Å². The molecule has 0 spiro atoms. The number of primary amides is 1. The Balaban J connectivity index is 1.46. The van der Waals surface area contributed by atoms with Crippen LogP contribution >= 0.6 is 0 Å². The van der Waals surface area contributed by atoms with Crippen molar-refractivity contribution in [2.24, 2.45) is 11.7 Å². The van der Waals surface area contributed by atoms with Crippen LogP contribution in [0.2, 0.25) is 0 Å². The maximum atomic E-state index is 14.0. The molecular weight excluding hydrogens is 427 g/mol. The Morgan fingerprint density at radius 2 is 2.09 bits per heavy atom. The fourth-order valence-corrected chi connectivity index (χ4v) is 5.52. The van der Waals surface area contributed by atoms with Crippen LogP contribution in [0.15, 0.2) is 42.0 Å². The van der Waals surface area contributed by atoms with E-state index in [0.717, 1.165) is 61.8 Å². The Bertz CT molecular complexity index is 1130. The lowest BCUT2D eigenvalue weighted by Gasteiger charge is -2.18. The molecule has 1 aliphatic heterocycles. The molecule has 1 unspecified atom stereocenters. The molecule has 1 aliphatic carbocycles. The average molecular weight is 463 g/mol. The first-order chi connectivity index (χ1) is 16.5. The van der Waals surface area contributed by atoms with Gasteiger partial charge in [-0.2, -0.15) is 5.10 Å². The zero-order valence-electron chi connectivity index (χ0n) is 20.0. The number of carbonyl (C=O) groups is 1. The smallest absolute Gasteiger partial charge is 0.254 e. The fourth-order valence-electron chi connectivity index (χ4n) is 5.52. The van der Waals surface area contributed by atoms with Crippen molar-refractivity contribution >= 4 is 24.0 Å². The molecule has 2 heterocycles. The summed E-state index contributed by atoms with van der Waals surface area (Å²) in [6.07, 6.45) is 19.7. The van der Waals surface area contributed by atoms with E-state index in [1.54, 1.807) is 16.8 Å². The minimum absolute atomic E-state index is 0.150. The maximum absolute atomic E-state index is 14.0. The molecule has 1 saturated carbocycles. The highest BCUT2D eigenvalue weighted by molar-refractivity contribution is 5.98. The first-order valence-corrected chi connectivity index (χ1v) is 12.4. The first-order valence-electron chi connectivity index (χ1n) is 12.4. The summed E-state index contributed by atoms with van der Waals surface area (Å²) in [4.78, 5) is 11.8. The van der Waals surface area contributed by atoms with E-state index in [9.17, 15) is 9.18 Å². The lowest BCUT2D eigenvalue weighted by Crippen LogP contribution is -2.15. The second-order valence-electron chi connectivity index (χ2n) is 9.55. The lowest BCUT2D eigenvalue weighted by atomic mass is 9.87. The van der Waals surface area contributed by atoms with Gasteiger partial charge in [0, 0.05) is 6.20 Å². The van der Waals surface area contributed by atoms with E-state index in [2.05, 4.69) is 23.3 Å². The Morgan fingerprint density at radius 3 is 2.88 bits per heavy atom. The first kappa shape index (κ1) is 24.0. The molecule has 2 aromatic rings. The molecule has 0 bridgehead atoms. The number of aromatic nitrogens is 2. The summed E-state index contributed by atoms with van der Waals surface area (Å²) in [6.45, 7) is 2.00. The summed E-state index contributed by atoms with van der Waals surface area (Å²) >= 11 is 0. The van der Waals surface area contributed by atoms with Crippen molar-refractivity contribution in [3.8, 4) is 0 Å². The third kappa shape index (κ3) is 5.49. The van der Waals surface area contributed by atoms with Crippen LogP contribution in [0.25, 0.3) is 12.3 Å². The van der Waals surface area contributed by atoms with Crippen molar-refractivity contribution in [2.45, 2.75) is 70.6 Å². The number of nitrogens with zero attached hydrogens (tertiary/aromatic N) is 2. The molecule has 1 aromatic heterocycles. The fraction of sp³-hybridized carbons (Fsp3) is 0.429. The van der Waals surface area contributed by atoms with Gasteiger partial charge in [0.05, 0.1) is 5.69 Å². The van der Waals surface area contributed by atoms with Crippen LogP contribution in [0.5, 0.6) is 0 Å². The molecule has 2 aliphatic rings. The van der Waals surface area contributed by atoms with E-state index >= 15 is 0 Å². The Labute approximate surface area is 201 Å². The van der Waals surface area contributed by atoms with Crippen molar-refractivity contribution in [1.29, 1.82) is 0 Å². The normalized spacial score (nSPS) is 21.3. The monoisotopic (exact) mass is 462 g/mol. The number of amides is 1. The molecule has 1 aromatic carbocycles. The zero-order valence-corrected chi connectivity index (χ0v) is 20.0. The van der Waals surface area contributed by atoms with Gasteiger partial charge in [-0.05, 0) is 93.0 Å². The number of halogens is 1. The number of hydrogen-bond donors (Lipinski definition) is 2. The molecule has 0 saturated heterocycles. The van der Waals surface area contributed by atoms with Gasteiger partial charge in [0.1, 0.15) is 11.4 Å². The number of rotatable bonds is 5. The molecule has 1 fully saturated rings. The van der Waals surface area contributed by atoms with Crippen LogP contribution in [-0.4, -0.2) is 15.7 Å². The molecule has 4 N–H and O–H groups in total. The SMILES string of the molecule is C/C=C/c1ccc(F)cc1[C@H]1CCCC(CC2=CCCCc3c(C(N)=O)c(N)nn3C=C2)CC1. The van der Waals surface area contributed by atoms with Crippen LogP contribution in [0, 0.1) is 11.7 Å². The number of anilines is 1. The molecule has 0 radical (unpaired) electrons. The largest absolute Gasteiger partial charge is 0.382 e. The van der Waals surface area contributed by atoms with Gasteiger partial charge in [-0.25, -0.2) is 9.07 Å². The zero-order chi connectivity index (χ0) is 24.1. The minimum Gasteiger partial charge on any atom is -0.382 e. The third-order valence-electron chi connectivity index (χ3n) is 7.18. The number of carbonyl (C=O) groups excluding carboxylic acids is 1. The maximum Gasteiger partial charge on any atom is 0.254 e. The number of hydrogen-bond acceptors (Lipinski definition) is 3. The minimum atomic E-state index is -0.525. The van der Waals surface area contributed by atoms with E-state index in [1.807, 2.05) is 25.3 Å². The topological polar surface area (TPSA) is 86.9 Å². The summed E-state index contributed by atoms with van der Waals surface area (Å²) in [6, 6.07) is 5.19. The second-order valence-corrected chi connectivity index (χ2v) is 9.55. The summed E-state index contributed by atoms with van der Waals surface area (Å²) in [5.41, 5.74) is 16.2. The highest BCUT2D eigenvalue weighted by Gasteiger charge is 2.23. The highest BCUT2D eigenvalue weighted by Crippen LogP contribution is 2.38. The number of nitrogen functional groups attached to an aromatic ring is 1. The van der Waals surface area contributed by atoms with Crippen molar-refractivity contribution in [3.05, 3.63) is 70.2 Å². The van der Waals surface area contributed by atoms with Gasteiger partial charge in [0.25, 0.3) is 5.91 Å². The summed E-state index contributed by atoms with van der Waals surface area (Å²) in [5.74, 6) is 0.525. The third-order valence-corrected chi connectivity index (χ3v) is 7.18. The number of allylic oxidation sites excluding steroid dienone is 4. The van der Waals surface area contributed by atoms with Gasteiger partial charge in [-0.1, -0.05) is 42.7 Å². The lowest BCUT2D eigenvalue weighted by molar-refractivity contribution is 0.1000. The van der Waals surface area contributed by atoms with E-state index < -0.39 is 5.91 Å². The average Bonchev–Trinajstić information content (AvgIpc) is 2.99. The van der Waals surface area contributed by atoms with Crippen molar-refractivity contribution in [2.75, 3.05) is 5.73 Å². The van der Waals surface area contributed by atoms with Crippen molar-refractivity contribution in [1.82, 2.24) is 9.78 Å². The van der Waals surface area contributed by atoms with Crippen molar-refractivity contribution in [3.63, 3.8) is 0 Å². The number of fused-ring (bicyclic) bond motifs is 1. The van der Waals surface area contributed by atoms with Crippen LogP contribution in [-0.2, 0) is 6.42 Å². The van der Waals surface area contributed by atoms with E-state index in [4.69, 9.17) is 11.5 Å². The molecule has 4 rings (SSSR count). The predicted octanol–water partition coefficient (Wildman–Crippen LogP) is 6.22. The van der Waals surface area contributed by atoms with Crippen molar-refractivity contribution < 1.29 is 9.18 Å². The van der Waals surface area contributed by atoms with Crippen LogP contribution in [0.3, 0.4) is 0 Å². The van der Waals surface area contributed by atoms with Gasteiger partial charge >= 0.3 is 0 Å². The van der Waals surface area contributed by atoms with Gasteiger partial charge in [0.2, 0.25) is 0 Å². The van der Waals surface area contributed by atoms with Crippen LogP contribution in [0.1, 0.15) is 91.4 Å². The Hall–Kier alpha value is -3.15. The van der Waals surface area contributed by atoms with Gasteiger partial charge < -0.3 is 11.5 Å². The molecule has 5 nitrogen and oxygen atoms in total. The predicted molar refractivity (Wildman–Crippen MR) is 137 cm³/mol. The second kappa shape index (κ2) is 10.9. The summed E-state index contributed by atoms with van der Waals surface area (Å²) in [5, 5.41) is 4.33. The number of benzene rings is 1. The molecule has 2 atom stereocenters.